The first kappa shape index (κ1) is 13.6. The Bertz CT molecular complexity index is 223. The van der Waals surface area contributed by atoms with Crippen LogP contribution >= 0.6 is 0 Å². The van der Waals surface area contributed by atoms with Gasteiger partial charge >= 0.3 is 1.43 Å². The van der Waals surface area contributed by atoms with Gasteiger partial charge in [-0.25, -0.2) is 0 Å². The molecule has 1 rings (SSSR count). The summed E-state index contributed by atoms with van der Waals surface area (Å²) in [6.45, 7) is 12.5. The highest BCUT2D eigenvalue weighted by atomic mass is 28.4. The summed E-state index contributed by atoms with van der Waals surface area (Å²) < 4.78 is 12.6. The highest BCUT2D eigenvalue weighted by Crippen LogP contribution is 2.33. The minimum Gasteiger partial charge on any atom is -0.454 e. The largest absolute Gasteiger partial charge is 1.00 e. The van der Waals surface area contributed by atoms with Crippen molar-refractivity contribution in [3.05, 3.63) is 0 Å². The first-order valence-electron chi connectivity index (χ1n) is 6.00. The van der Waals surface area contributed by atoms with Crippen molar-refractivity contribution < 1.29 is 10.3 Å². The van der Waals surface area contributed by atoms with Gasteiger partial charge < -0.3 is 8.85 Å². The van der Waals surface area contributed by atoms with E-state index >= 15 is 0 Å². The highest BCUT2D eigenvalue weighted by molar-refractivity contribution is 6.89. The second-order valence-corrected chi connectivity index (χ2v) is 18.0. The summed E-state index contributed by atoms with van der Waals surface area (Å²) in [7, 11) is -1.96. The Labute approximate surface area is 101 Å². The lowest BCUT2D eigenvalue weighted by atomic mass is 10.2. The predicted octanol–water partition coefficient (Wildman–Crippen LogP) is 1.96. The Morgan fingerprint density at radius 2 is 1.80 bits per heavy atom. The smallest absolute Gasteiger partial charge is 0.454 e. The van der Waals surface area contributed by atoms with Gasteiger partial charge in [-0.15, -0.1) is 0 Å². The average molecular weight is 264 g/mol. The van der Waals surface area contributed by atoms with Gasteiger partial charge in [-0.3, -0.25) is 0 Å². The second kappa shape index (κ2) is 4.44. The molecule has 1 aliphatic heterocycles. The van der Waals surface area contributed by atoms with Crippen molar-refractivity contribution in [2.75, 3.05) is 6.61 Å². The number of rotatable bonds is 3. The SMILES string of the molecule is C[Si](C)(C)O[Si](C)(C)C1([SiH3])CCCCO1.[H+]. The van der Waals surface area contributed by atoms with Gasteiger partial charge in [0.2, 0.25) is 8.32 Å². The molecule has 0 aromatic heterocycles. The fraction of sp³-hybridized carbons (Fsp3) is 1.00. The minimum atomic E-state index is -1.66. The van der Waals surface area contributed by atoms with Crippen molar-refractivity contribution in [1.82, 2.24) is 0 Å². The Balaban J connectivity index is 0.00000225. The molecule has 1 unspecified atom stereocenters. The standard InChI is InChI=1S/C10H26O2Si3/c1-14(2,3)12-15(4,5)10(13)8-6-7-9-11-10/h6-9H2,1-5,13H3/p+1. The third-order valence-electron chi connectivity index (χ3n) is 3.30. The van der Waals surface area contributed by atoms with Crippen LogP contribution in [-0.2, 0) is 8.85 Å². The molecule has 1 heterocycles. The van der Waals surface area contributed by atoms with E-state index < -0.39 is 16.6 Å². The molecular formula is C10H27O2Si3+. The molecule has 1 fully saturated rings. The van der Waals surface area contributed by atoms with E-state index in [4.69, 9.17) is 8.85 Å². The zero-order valence-electron chi connectivity index (χ0n) is 12.1. The summed E-state index contributed by atoms with van der Waals surface area (Å²) >= 11 is 0. The molecular weight excluding hydrogens is 236 g/mol. The van der Waals surface area contributed by atoms with Gasteiger partial charge in [-0.2, -0.15) is 0 Å². The minimum absolute atomic E-state index is 0. The molecule has 0 aromatic carbocycles. The van der Waals surface area contributed by atoms with Crippen LogP contribution in [0.3, 0.4) is 0 Å². The van der Waals surface area contributed by atoms with Crippen LogP contribution in [0.15, 0.2) is 0 Å². The normalized spacial score (nSPS) is 29.4. The maximum Gasteiger partial charge on any atom is 1.00 e. The van der Waals surface area contributed by atoms with E-state index in [-0.39, 0.29) is 6.27 Å². The first-order chi connectivity index (χ1) is 6.66. The van der Waals surface area contributed by atoms with Crippen LogP contribution in [0.5, 0.6) is 0 Å². The van der Waals surface area contributed by atoms with Gasteiger partial charge in [-0.1, -0.05) is 0 Å². The van der Waals surface area contributed by atoms with Gasteiger partial charge in [0.05, 0.1) is 4.85 Å². The van der Waals surface area contributed by atoms with Crippen LogP contribution < -0.4 is 0 Å². The average Bonchev–Trinajstić information content (AvgIpc) is 2.00. The van der Waals surface area contributed by atoms with Crippen molar-refractivity contribution in [1.29, 1.82) is 0 Å². The van der Waals surface area contributed by atoms with E-state index in [9.17, 15) is 0 Å². The molecule has 1 saturated heterocycles. The lowest BCUT2D eigenvalue weighted by Crippen LogP contribution is -2.63. The predicted molar refractivity (Wildman–Crippen MR) is 75.5 cm³/mol. The molecule has 0 amide bonds. The van der Waals surface area contributed by atoms with E-state index in [2.05, 4.69) is 32.7 Å². The summed E-state index contributed by atoms with van der Waals surface area (Å²) in [4.78, 5) is 0.172. The third-order valence-corrected chi connectivity index (χ3v) is 15.1. The molecule has 2 nitrogen and oxygen atoms in total. The van der Waals surface area contributed by atoms with Gasteiger partial charge in [0.25, 0.3) is 0 Å². The van der Waals surface area contributed by atoms with E-state index in [1.165, 1.54) is 19.3 Å². The molecule has 0 N–H and O–H groups in total. The molecule has 0 spiro atoms. The summed E-state index contributed by atoms with van der Waals surface area (Å²) in [5.41, 5.74) is 0. The molecule has 1 aliphatic rings. The van der Waals surface area contributed by atoms with Crippen LogP contribution in [0.2, 0.25) is 32.7 Å². The van der Waals surface area contributed by atoms with Crippen LogP contribution in [0.4, 0.5) is 0 Å². The topological polar surface area (TPSA) is 18.5 Å². The zero-order chi connectivity index (χ0) is 11.7. The maximum atomic E-state index is 6.46. The fourth-order valence-corrected chi connectivity index (χ4v) is 12.0. The van der Waals surface area contributed by atoms with E-state index in [1.807, 2.05) is 0 Å². The Morgan fingerprint density at radius 1 is 1.20 bits per heavy atom. The molecule has 0 aliphatic carbocycles. The van der Waals surface area contributed by atoms with Gasteiger partial charge in [0.15, 0.2) is 8.32 Å². The monoisotopic (exact) mass is 263 g/mol. The molecule has 15 heavy (non-hydrogen) atoms. The molecule has 1 atom stereocenters. The lowest BCUT2D eigenvalue weighted by Gasteiger charge is -2.47. The summed E-state index contributed by atoms with van der Waals surface area (Å²) in [6.07, 6.45) is 3.80. The van der Waals surface area contributed by atoms with E-state index in [0.29, 0.717) is 0 Å². The second-order valence-electron chi connectivity index (χ2n) is 6.26. The number of hydrogen-bond acceptors (Lipinski definition) is 2. The first-order valence-corrected chi connectivity index (χ1v) is 13.3. The van der Waals surface area contributed by atoms with Crippen LogP contribution in [0.1, 0.15) is 20.7 Å². The Hall–Kier alpha value is 0.571. The van der Waals surface area contributed by atoms with Crippen molar-refractivity contribution in [2.45, 2.75) is 56.8 Å². The Kier molecular flexibility index (Phi) is 4.04. The lowest BCUT2D eigenvalue weighted by molar-refractivity contribution is 0.0222. The summed E-state index contributed by atoms with van der Waals surface area (Å²) in [6, 6.07) is 0. The Morgan fingerprint density at radius 3 is 2.20 bits per heavy atom. The van der Waals surface area contributed by atoms with Crippen LogP contribution in [0.25, 0.3) is 0 Å². The fourth-order valence-electron chi connectivity index (χ4n) is 2.28. The highest BCUT2D eigenvalue weighted by Gasteiger charge is 2.48. The van der Waals surface area contributed by atoms with Crippen molar-refractivity contribution in [2.24, 2.45) is 0 Å². The summed E-state index contributed by atoms with van der Waals surface area (Å²) in [5, 5.41) is 0. The molecule has 0 bridgehead atoms. The van der Waals surface area contributed by atoms with Gasteiger partial charge in [0, 0.05) is 16.8 Å². The van der Waals surface area contributed by atoms with E-state index in [0.717, 1.165) is 16.8 Å². The molecule has 0 aromatic rings. The molecule has 90 valence electrons. The zero-order valence-corrected chi connectivity index (χ0v) is 15.1. The van der Waals surface area contributed by atoms with Crippen molar-refractivity contribution >= 4 is 26.9 Å². The van der Waals surface area contributed by atoms with Crippen LogP contribution in [-0.4, -0.2) is 38.3 Å². The third kappa shape index (κ3) is 3.52. The van der Waals surface area contributed by atoms with Crippen molar-refractivity contribution in [3.8, 4) is 0 Å². The van der Waals surface area contributed by atoms with Crippen LogP contribution in [0, 0.1) is 0 Å². The molecule has 0 radical (unpaired) electrons. The number of ether oxygens (including phenoxy) is 1. The molecule has 5 heteroatoms. The quantitative estimate of drug-likeness (QED) is 0.725. The van der Waals surface area contributed by atoms with Gasteiger partial charge in [0.1, 0.15) is 0 Å². The molecule has 0 saturated carbocycles. The number of hydrogen-bond donors (Lipinski definition) is 0. The van der Waals surface area contributed by atoms with Gasteiger partial charge in [-0.05, 0) is 52.0 Å². The van der Waals surface area contributed by atoms with E-state index in [1.54, 1.807) is 0 Å². The summed E-state index contributed by atoms with van der Waals surface area (Å²) in [5.74, 6) is 0. The maximum absolute atomic E-state index is 6.46. The van der Waals surface area contributed by atoms with Crippen molar-refractivity contribution in [3.63, 3.8) is 0 Å².